The minimum atomic E-state index is -0.00106. The van der Waals surface area contributed by atoms with Gasteiger partial charge in [0.2, 0.25) is 5.91 Å². The predicted octanol–water partition coefficient (Wildman–Crippen LogP) is 2.87. The molecule has 2 aliphatic heterocycles. The van der Waals surface area contributed by atoms with Gasteiger partial charge in [-0.3, -0.25) is 9.69 Å². The van der Waals surface area contributed by atoms with Gasteiger partial charge in [0.1, 0.15) is 11.6 Å². The number of nitrogens with zero attached hydrogens (tertiary/aromatic N) is 2. The molecule has 2 N–H and O–H groups in total. The van der Waals surface area contributed by atoms with Gasteiger partial charge >= 0.3 is 0 Å². The Morgan fingerprint density at radius 3 is 2.70 bits per heavy atom. The Morgan fingerprint density at radius 2 is 2.00 bits per heavy atom. The second-order valence-corrected chi connectivity index (χ2v) is 9.84. The average molecular weight is 430 g/mol. The third-order valence-electron chi connectivity index (χ3n) is 6.62. The summed E-state index contributed by atoms with van der Waals surface area (Å²) in [5, 5.41) is 13.7. The van der Waals surface area contributed by atoms with Gasteiger partial charge in [0, 0.05) is 18.7 Å². The molecule has 0 saturated carbocycles. The topological polar surface area (TPSA) is 79.5 Å². The molecule has 0 unspecified atom stereocenters. The molecule has 30 heavy (non-hydrogen) atoms. The fourth-order valence-corrected chi connectivity index (χ4v) is 5.63. The zero-order chi connectivity index (χ0) is 20.9. The van der Waals surface area contributed by atoms with Gasteiger partial charge in [-0.2, -0.15) is 5.26 Å². The quantitative estimate of drug-likeness (QED) is 0.704. The predicted molar refractivity (Wildman–Crippen MR) is 118 cm³/mol. The highest BCUT2D eigenvalue weighted by Crippen LogP contribution is 2.35. The van der Waals surface area contributed by atoms with Crippen LogP contribution in [0.4, 0.5) is 5.82 Å². The molecule has 0 aromatic carbocycles. The van der Waals surface area contributed by atoms with E-state index in [-0.39, 0.29) is 12.0 Å². The van der Waals surface area contributed by atoms with Gasteiger partial charge in [0.25, 0.3) is 5.82 Å². The van der Waals surface area contributed by atoms with Crippen molar-refractivity contribution in [1.82, 2.24) is 5.32 Å². The molecule has 0 bridgehead atoms. The van der Waals surface area contributed by atoms with Crippen LogP contribution in [0.25, 0.3) is 0 Å². The van der Waals surface area contributed by atoms with Crippen LogP contribution in [0.2, 0.25) is 0 Å². The van der Waals surface area contributed by atoms with Crippen LogP contribution in [-0.4, -0.2) is 44.0 Å². The number of amides is 1. The number of nitriles is 1. The molecular formula is C23H33N4O2S+. The van der Waals surface area contributed by atoms with E-state index < -0.39 is 0 Å². The maximum Gasteiger partial charge on any atom is 0.278 e. The number of nitrogens with one attached hydrogen (secondary N) is 2. The van der Waals surface area contributed by atoms with Crippen molar-refractivity contribution >= 4 is 23.5 Å². The lowest BCUT2D eigenvalue weighted by Gasteiger charge is -2.29. The molecule has 7 heteroatoms. The lowest BCUT2D eigenvalue weighted by Crippen LogP contribution is -2.39. The lowest BCUT2D eigenvalue weighted by atomic mass is 9.88. The summed E-state index contributed by atoms with van der Waals surface area (Å²) in [6.07, 6.45) is 8.96. The zero-order valence-corrected chi connectivity index (χ0v) is 18.8. The number of pyridine rings is 1. The SMILES string of the molecule is CC1CCN(c2[nH+]c(SCC(=O)NC[C@@H]3CCCO3)c(C#N)c3c2CCCC3)CC1. The Morgan fingerprint density at radius 1 is 1.23 bits per heavy atom. The molecule has 162 valence electrons. The van der Waals surface area contributed by atoms with Crippen molar-refractivity contribution in [2.75, 3.05) is 36.9 Å². The van der Waals surface area contributed by atoms with Gasteiger partial charge in [-0.15, -0.1) is 0 Å². The molecule has 4 rings (SSSR count). The third kappa shape index (κ3) is 4.92. The Bertz CT molecular complexity index is 808. The van der Waals surface area contributed by atoms with Gasteiger partial charge < -0.3 is 10.1 Å². The molecule has 0 spiro atoms. The number of carbonyl (C=O) groups excluding carboxylic acids is 1. The van der Waals surface area contributed by atoms with Crippen molar-refractivity contribution in [3.63, 3.8) is 0 Å². The largest absolute Gasteiger partial charge is 0.376 e. The summed E-state index contributed by atoms with van der Waals surface area (Å²) < 4.78 is 5.58. The molecule has 3 aliphatic rings. The molecule has 1 atom stereocenters. The van der Waals surface area contributed by atoms with Crippen LogP contribution in [0.5, 0.6) is 0 Å². The van der Waals surface area contributed by atoms with E-state index in [0.29, 0.717) is 12.3 Å². The van der Waals surface area contributed by atoms with E-state index in [9.17, 15) is 10.1 Å². The highest BCUT2D eigenvalue weighted by molar-refractivity contribution is 7.99. The van der Waals surface area contributed by atoms with Crippen LogP contribution in [-0.2, 0) is 22.4 Å². The Labute approximate surface area is 183 Å². The maximum atomic E-state index is 12.4. The second kappa shape index (κ2) is 10.0. The Balaban J connectivity index is 1.50. The van der Waals surface area contributed by atoms with Gasteiger partial charge in [0.05, 0.1) is 24.9 Å². The van der Waals surface area contributed by atoms with Crippen LogP contribution in [0, 0.1) is 17.2 Å². The molecule has 1 aromatic heterocycles. The number of aromatic nitrogens is 1. The summed E-state index contributed by atoms with van der Waals surface area (Å²) >= 11 is 1.46. The summed E-state index contributed by atoms with van der Waals surface area (Å²) in [4.78, 5) is 18.4. The first-order valence-electron chi connectivity index (χ1n) is 11.4. The number of fused-ring (bicyclic) bond motifs is 1. The number of hydrogen-bond acceptors (Lipinski definition) is 5. The van der Waals surface area contributed by atoms with Crippen LogP contribution in [0.15, 0.2) is 5.03 Å². The molecule has 2 saturated heterocycles. The first-order valence-corrected chi connectivity index (χ1v) is 12.4. The van der Waals surface area contributed by atoms with Crippen molar-refractivity contribution in [2.24, 2.45) is 5.92 Å². The van der Waals surface area contributed by atoms with Crippen molar-refractivity contribution < 1.29 is 14.5 Å². The molecule has 2 fully saturated rings. The smallest absolute Gasteiger partial charge is 0.278 e. The summed E-state index contributed by atoms with van der Waals surface area (Å²) in [6.45, 7) is 5.81. The van der Waals surface area contributed by atoms with E-state index in [1.54, 1.807) is 0 Å². The molecular weight excluding hydrogens is 396 g/mol. The number of hydrogen-bond donors (Lipinski definition) is 1. The van der Waals surface area contributed by atoms with E-state index in [1.165, 1.54) is 48.0 Å². The number of anilines is 1. The third-order valence-corrected chi connectivity index (χ3v) is 7.63. The van der Waals surface area contributed by atoms with Gasteiger partial charge in [-0.05, 0) is 62.8 Å². The summed E-state index contributed by atoms with van der Waals surface area (Å²) in [5.74, 6) is 2.28. The highest BCUT2D eigenvalue weighted by Gasteiger charge is 2.32. The van der Waals surface area contributed by atoms with E-state index in [4.69, 9.17) is 4.74 Å². The molecule has 6 nitrogen and oxygen atoms in total. The van der Waals surface area contributed by atoms with E-state index in [0.717, 1.165) is 68.3 Å². The van der Waals surface area contributed by atoms with Gasteiger partial charge in [-0.1, -0.05) is 18.7 Å². The number of carbonyl (C=O) groups is 1. The summed E-state index contributed by atoms with van der Waals surface area (Å²) in [5.41, 5.74) is 3.29. The van der Waals surface area contributed by atoms with Crippen molar-refractivity contribution in [2.45, 2.75) is 69.4 Å². The maximum absolute atomic E-state index is 12.4. The number of piperidine rings is 1. The standard InChI is InChI=1S/C23H32N4O2S/c1-16-8-10-27(11-9-16)22-19-7-3-2-6-18(19)20(13-24)23(26-22)30-15-21(28)25-14-17-5-4-12-29-17/h16-17H,2-12,14-15H2,1H3,(H,25,28)/p+1/t17-/m0/s1. The first kappa shape index (κ1) is 21.5. The summed E-state index contributed by atoms with van der Waals surface area (Å²) in [6, 6.07) is 2.44. The van der Waals surface area contributed by atoms with E-state index >= 15 is 0 Å². The van der Waals surface area contributed by atoms with Crippen molar-refractivity contribution in [1.29, 1.82) is 5.26 Å². The van der Waals surface area contributed by atoms with Gasteiger partial charge in [-0.25, -0.2) is 4.98 Å². The monoisotopic (exact) mass is 429 g/mol. The van der Waals surface area contributed by atoms with Gasteiger partial charge in [0.15, 0.2) is 5.03 Å². The van der Waals surface area contributed by atoms with Crippen LogP contribution < -0.4 is 15.2 Å². The van der Waals surface area contributed by atoms with Crippen molar-refractivity contribution in [3.8, 4) is 6.07 Å². The van der Waals surface area contributed by atoms with E-state index in [1.807, 2.05) is 0 Å². The lowest BCUT2D eigenvalue weighted by molar-refractivity contribution is -0.414. The fourth-order valence-electron chi connectivity index (χ4n) is 4.78. The molecule has 1 amide bonds. The number of aromatic amines is 1. The molecule has 0 radical (unpaired) electrons. The normalized spacial score (nSPS) is 21.9. The Kier molecular flexibility index (Phi) is 7.16. The van der Waals surface area contributed by atoms with Crippen LogP contribution in [0.3, 0.4) is 0 Å². The zero-order valence-electron chi connectivity index (χ0n) is 18.0. The second-order valence-electron chi connectivity index (χ2n) is 8.85. The molecule has 1 aromatic rings. The highest BCUT2D eigenvalue weighted by atomic mass is 32.2. The minimum Gasteiger partial charge on any atom is -0.376 e. The van der Waals surface area contributed by atoms with E-state index in [2.05, 4.69) is 28.2 Å². The minimum absolute atomic E-state index is 0.00106. The Hall–Kier alpha value is -1.78. The number of rotatable bonds is 6. The number of thioether (sulfide) groups is 1. The molecule has 3 heterocycles. The first-order chi connectivity index (χ1) is 14.7. The number of ether oxygens (including phenoxy) is 1. The van der Waals surface area contributed by atoms with Crippen molar-refractivity contribution in [3.05, 3.63) is 16.7 Å². The average Bonchev–Trinajstić information content (AvgIpc) is 3.30. The summed E-state index contributed by atoms with van der Waals surface area (Å²) in [7, 11) is 0. The number of H-pyrrole nitrogens is 1. The van der Waals surface area contributed by atoms with Crippen LogP contribution in [0.1, 0.15) is 62.1 Å². The van der Waals surface area contributed by atoms with Crippen LogP contribution >= 0.6 is 11.8 Å². The fraction of sp³-hybridized carbons (Fsp3) is 0.696. The molecule has 1 aliphatic carbocycles.